The van der Waals surface area contributed by atoms with E-state index in [9.17, 15) is 9.90 Å². The molecule has 1 atom stereocenters. The zero-order valence-electron chi connectivity index (χ0n) is 11.2. The normalized spacial score (nSPS) is 17.6. The van der Waals surface area contributed by atoms with Gasteiger partial charge in [0.1, 0.15) is 12.4 Å². The first kappa shape index (κ1) is 14.2. The lowest BCUT2D eigenvalue weighted by molar-refractivity contribution is 0.166. The summed E-state index contributed by atoms with van der Waals surface area (Å²) < 4.78 is 5.26. The van der Waals surface area contributed by atoms with Crippen molar-refractivity contribution in [2.24, 2.45) is 0 Å². The van der Waals surface area contributed by atoms with Crippen LogP contribution in [0, 0.1) is 12.3 Å². The molecular formula is C15H18N2O3. The first-order chi connectivity index (χ1) is 9.74. The van der Waals surface area contributed by atoms with Crippen LogP contribution in [0.3, 0.4) is 0 Å². The molecular weight excluding hydrogens is 256 g/mol. The van der Waals surface area contributed by atoms with Crippen molar-refractivity contribution in [3.05, 3.63) is 24.3 Å². The van der Waals surface area contributed by atoms with E-state index in [-0.39, 0.29) is 25.3 Å². The van der Waals surface area contributed by atoms with E-state index in [0.29, 0.717) is 18.0 Å². The number of urea groups is 1. The van der Waals surface area contributed by atoms with Gasteiger partial charge in [0, 0.05) is 12.2 Å². The Bertz CT molecular complexity index is 493. The number of likely N-dealkylation sites (tertiary alicyclic amines) is 1. The van der Waals surface area contributed by atoms with Gasteiger partial charge in [-0.25, -0.2) is 4.79 Å². The highest BCUT2D eigenvalue weighted by Crippen LogP contribution is 2.20. The quantitative estimate of drug-likeness (QED) is 0.821. The summed E-state index contributed by atoms with van der Waals surface area (Å²) in [6, 6.07) is 6.76. The van der Waals surface area contributed by atoms with Crippen molar-refractivity contribution >= 4 is 11.7 Å². The third-order valence-electron chi connectivity index (χ3n) is 3.28. The third kappa shape index (κ3) is 3.43. The SMILES string of the molecule is C#CCOc1ccc(NC(=O)N2CCC[C@H]2CO)cc1. The van der Waals surface area contributed by atoms with Crippen LogP contribution in [0.1, 0.15) is 12.8 Å². The van der Waals surface area contributed by atoms with E-state index in [1.54, 1.807) is 29.2 Å². The molecule has 20 heavy (non-hydrogen) atoms. The van der Waals surface area contributed by atoms with E-state index in [2.05, 4.69) is 11.2 Å². The highest BCUT2D eigenvalue weighted by molar-refractivity contribution is 5.89. The number of hydrogen-bond acceptors (Lipinski definition) is 3. The summed E-state index contributed by atoms with van der Waals surface area (Å²) >= 11 is 0. The predicted octanol–water partition coefficient (Wildman–Crippen LogP) is 1.69. The van der Waals surface area contributed by atoms with Crippen LogP contribution in [0.15, 0.2) is 24.3 Å². The summed E-state index contributed by atoms with van der Waals surface area (Å²) in [5, 5.41) is 12.0. The number of benzene rings is 1. The highest BCUT2D eigenvalue weighted by Gasteiger charge is 2.27. The van der Waals surface area contributed by atoms with Gasteiger partial charge in [-0.3, -0.25) is 0 Å². The van der Waals surface area contributed by atoms with E-state index in [1.807, 2.05) is 0 Å². The fraction of sp³-hybridized carbons (Fsp3) is 0.400. The number of nitrogens with one attached hydrogen (secondary N) is 1. The molecule has 5 heteroatoms. The Morgan fingerprint density at radius 1 is 1.50 bits per heavy atom. The number of ether oxygens (including phenoxy) is 1. The Kier molecular flexibility index (Phi) is 4.85. The average molecular weight is 274 g/mol. The maximum absolute atomic E-state index is 12.1. The summed E-state index contributed by atoms with van der Waals surface area (Å²) in [6.45, 7) is 0.907. The van der Waals surface area contributed by atoms with Crippen LogP contribution in [0.25, 0.3) is 0 Å². The molecule has 5 nitrogen and oxygen atoms in total. The van der Waals surface area contributed by atoms with Crippen LogP contribution in [0.5, 0.6) is 5.75 Å². The van der Waals surface area contributed by atoms with Gasteiger partial charge in [0.2, 0.25) is 0 Å². The first-order valence-electron chi connectivity index (χ1n) is 6.59. The van der Waals surface area contributed by atoms with E-state index in [1.165, 1.54) is 0 Å². The molecule has 106 valence electrons. The molecule has 1 aromatic rings. The van der Waals surface area contributed by atoms with Gasteiger partial charge in [0.15, 0.2) is 0 Å². The molecule has 0 saturated carbocycles. The molecule has 0 radical (unpaired) electrons. The Morgan fingerprint density at radius 2 is 2.25 bits per heavy atom. The summed E-state index contributed by atoms with van der Waals surface area (Å²) in [4.78, 5) is 13.8. The van der Waals surface area contributed by atoms with E-state index >= 15 is 0 Å². The van der Waals surface area contributed by atoms with Crippen LogP contribution in [0.4, 0.5) is 10.5 Å². The van der Waals surface area contributed by atoms with Gasteiger partial charge in [0.25, 0.3) is 0 Å². The monoisotopic (exact) mass is 274 g/mol. The number of nitrogens with zero attached hydrogens (tertiary/aromatic N) is 1. The summed E-state index contributed by atoms with van der Waals surface area (Å²) in [6.07, 6.45) is 6.89. The minimum Gasteiger partial charge on any atom is -0.481 e. The second kappa shape index (κ2) is 6.83. The average Bonchev–Trinajstić information content (AvgIpc) is 2.95. The summed E-state index contributed by atoms with van der Waals surface area (Å²) in [5.74, 6) is 3.05. The third-order valence-corrected chi connectivity index (χ3v) is 3.28. The molecule has 0 aromatic heterocycles. The lowest BCUT2D eigenvalue weighted by Gasteiger charge is -2.23. The molecule has 2 N–H and O–H groups in total. The number of hydrogen-bond donors (Lipinski definition) is 2. The lowest BCUT2D eigenvalue weighted by Crippen LogP contribution is -2.40. The van der Waals surface area contributed by atoms with Crippen molar-refractivity contribution in [2.45, 2.75) is 18.9 Å². The molecule has 1 aromatic carbocycles. The zero-order chi connectivity index (χ0) is 14.4. The largest absolute Gasteiger partial charge is 0.481 e. The van der Waals surface area contributed by atoms with Crippen molar-refractivity contribution in [3.63, 3.8) is 0 Å². The number of carbonyl (C=O) groups is 1. The van der Waals surface area contributed by atoms with Crippen molar-refractivity contribution in [2.75, 3.05) is 25.1 Å². The van der Waals surface area contributed by atoms with Crippen molar-refractivity contribution in [1.82, 2.24) is 4.90 Å². The fourth-order valence-corrected chi connectivity index (χ4v) is 2.25. The Morgan fingerprint density at radius 3 is 2.90 bits per heavy atom. The number of anilines is 1. The molecule has 1 heterocycles. The van der Waals surface area contributed by atoms with Crippen LogP contribution in [-0.2, 0) is 0 Å². The molecule has 0 spiro atoms. The fourth-order valence-electron chi connectivity index (χ4n) is 2.25. The Labute approximate surface area is 118 Å². The summed E-state index contributed by atoms with van der Waals surface area (Å²) in [7, 11) is 0. The van der Waals surface area contributed by atoms with E-state index < -0.39 is 0 Å². The van der Waals surface area contributed by atoms with Gasteiger partial charge in [-0.05, 0) is 37.1 Å². The second-order valence-electron chi connectivity index (χ2n) is 4.62. The highest BCUT2D eigenvalue weighted by atomic mass is 16.5. The molecule has 0 bridgehead atoms. The number of aliphatic hydroxyl groups is 1. The minimum absolute atomic E-state index is 0.00624. The molecule has 2 amide bonds. The lowest BCUT2D eigenvalue weighted by atomic mass is 10.2. The molecule has 0 unspecified atom stereocenters. The molecule has 1 fully saturated rings. The zero-order valence-corrected chi connectivity index (χ0v) is 11.2. The van der Waals surface area contributed by atoms with Gasteiger partial charge < -0.3 is 20.1 Å². The Balaban J connectivity index is 1.92. The number of amides is 2. The standard InChI is InChI=1S/C15H18N2O3/c1-2-10-20-14-7-5-12(6-8-14)16-15(19)17-9-3-4-13(17)11-18/h1,5-8,13,18H,3-4,9-11H2,(H,16,19)/t13-/m0/s1. The van der Waals surface area contributed by atoms with Gasteiger partial charge in [-0.2, -0.15) is 0 Å². The first-order valence-corrected chi connectivity index (χ1v) is 6.59. The minimum atomic E-state index is -0.182. The molecule has 1 aliphatic heterocycles. The van der Waals surface area contributed by atoms with Crippen LogP contribution >= 0.6 is 0 Å². The van der Waals surface area contributed by atoms with Gasteiger partial charge in [-0.15, -0.1) is 6.42 Å². The van der Waals surface area contributed by atoms with E-state index in [0.717, 1.165) is 12.8 Å². The number of carbonyl (C=O) groups excluding carboxylic acids is 1. The Hall–Kier alpha value is -2.19. The van der Waals surface area contributed by atoms with Crippen LogP contribution in [-0.4, -0.2) is 41.8 Å². The van der Waals surface area contributed by atoms with Crippen molar-refractivity contribution in [1.29, 1.82) is 0 Å². The molecule has 2 rings (SSSR count). The number of rotatable bonds is 4. The van der Waals surface area contributed by atoms with Gasteiger partial charge >= 0.3 is 6.03 Å². The van der Waals surface area contributed by atoms with Crippen molar-refractivity contribution < 1.29 is 14.6 Å². The maximum Gasteiger partial charge on any atom is 0.322 e. The van der Waals surface area contributed by atoms with Crippen LogP contribution < -0.4 is 10.1 Å². The molecule has 1 aliphatic rings. The number of terminal acetylenes is 1. The summed E-state index contributed by atoms with van der Waals surface area (Å²) in [5.41, 5.74) is 0.687. The van der Waals surface area contributed by atoms with Gasteiger partial charge in [-0.1, -0.05) is 5.92 Å². The van der Waals surface area contributed by atoms with E-state index in [4.69, 9.17) is 11.2 Å². The van der Waals surface area contributed by atoms with Crippen molar-refractivity contribution in [3.8, 4) is 18.1 Å². The molecule has 0 aliphatic carbocycles. The second-order valence-corrected chi connectivity index (χ2v) is 4.62. The topological polar surface area (TPSA) is 61.8 Å². The smallest absolute Gasteiger partial charge is 0.322 e. The van der Waals surface area contributed by atoms with Gasteiger partial charge in [0.05, 0.1) is 12.6 Å². The molecule has 1 saturated heterocycles. The maximum atomic E-state index is 12.1. The number of aliphatic hydroxyl groups excluding tert-OH is 1. The van der Waals surface area contributed by atoms with Crippen LogP contribution in [0.2, 0.25) is 0 Å². The predicted molar refractivity (Wildman–Crippen MR) is 76.6 cm³/mol.